The zero-order valence-electron chi connectivity index (χ0n) is 16.7. The molecule has 0 bridgehead atoms. The molecule has 154 valence electrons. The van der Waals surface area contributed by atoms with Gasteiger partial charge in [0.15, 0.2) is 0 Å². The summed E-state index contributed by atoms with van der Waals surface area (Å²) in [5.41, 5.74) is 2.06. The van der Waals surface area contributed by atoms with Crippen LogP contribution in [0.15, 0.2) is 35.5 Å². The van der Waals surface area contributed by atoms with Gasteiger partial charge in [-0.15, -0.1) is 0 Å². The Morgan fingerprint density at radius 2 is 2.03 bits per heavy atom. The average Bonchev–Trinajstić information content (AvgIpc) is 2.77. The van der Waals surface area contributed by atoms with E-state index >= 15 is 0 Å². The molecule has 4 rings (SSSR count). The maximum atomic E-state index is 13.0. The van der Waals surface area contributed by atoms with E-state index < -0.39 is 10.8 Å². The molecule has 1 amide bonds. The molecule has 0 radical (unpaired) electrons. The van der Waals surface area contributed by atoms with Crippen LogP contribution in [0.1, 0.15) is 44.1 Å². The molecule has 2 aromatic heterocycles. The van der Waals surface area contributed by atoms with Crippen LogP contribution in [0.2, 0.25) is 0 Å². The number of nitrogens with zero attached hydrogens (tertiary/aromatic N) is 3. The molecule has 1 saturated carbocycles. The van der Waals surface area contributed by atoms with Crippen LogP contribution < -0.4 is 15.7 Å². The van der Waals surface area contributed by atoms with Crippen LogP contribution in [-0.2, 0) is 17.2 Å². The molecular weight excluding hydrogens is 386 g/mol. The first-order chi connectivity index (χ1) is 14.1. The van der Waals surface area contributed by atoms with Crippen molar-refractivity contribution < 1.29 is 9.00 Å². The predicted molar refractivity (Wildman–Crippen MR) is 113 cm³/mol. The summed E-state index contributed by atoms with van der Waals surface area (Å²) in [6.45, 7) is 0.800. The number of fused-ring (bicyclic) bond motifs is 1. The first-order valence-corrected chi connectivity index (χ1v) is 11.5. The van der Waals surface area contributed by atoms with E-state index in [0.717, 1.165) is 54.2 Å². The number of amides is 1. The molecule has 0 saturated heterocycles. The molecule has 1 aliphatic carbocycles. The Bertz CT molecular complexity index is 997. The Balaban J connectivity index is 1.62. The Morgan fingerprint density at radius 1 is 1.24 bits per heavy atom. The van der Waals surface area contributed by atoms with Crippen LogP contribution in [0.25, 0.3) is 0 Å². The highest BCUT2D eigenvalue weighted by molar-refractivity contribution is 7.85. The van der Waals surface area contributed by atoms with Crippen molar-refractivity contribution in [3.05, 3.63) is 41.6 Å². The molecule has 3 heterocycles. The first kappa shape index (κ1) is 19.8. The molecule has 8 heteroatoms. The van der Waals surface area contributed by atoms with Crippen molar-refractivity contribution in [3.8, 4) is 0 Å². The fraction of sp³-hybridized carbons (Fsp3) is 0.476. The lowest BCUT2D eigenvalue weighted by molar-refractivity contribution is 0.243. The molecule has 1 fully saturated rings. The number of anilines is 2. The second kappa shape index (κ2) is 8.49. The van der Waals surface area contributed by atoms with Gasteiger partial charge in [-0.3, -0.25) is 14.2 Å². The number of nitrogens with one attached hydrogen (secondary N) is 2. The van der Waals surface area contributed by atoms with Crippen LogP contribution in [0, 0.1) is 5.41 Å². The number of aromatic nitrogens is 2. The fourth-order valence-electron chi connectivity index (χ4n) is 4.23. The van der Waals surface area contributed by atoms with Crippen LogP contribution in [0.5, 0.6) is 0 Å². The molecule has 29 heavy (non-hydrogen) atoms. The maximum absolute atomic E-state index is 13.0. The van der Waals surface area contributed by atoms with Crippen molar-refractivity contribution in [1.29, 1.82) is 5.41 Å². The second-order valence-electron chi connectivity index (χ2n) is 7.66. The van der Waals surface area contributed by atoms with Gasteiger partial charge in [-0.05, 0) is 43.4 Å². The summed E-state index contributed by atoms with van der Waals surface area (Å²) in [5, 5.41) is 10.9. The van der Waals surface area contributed by atoms with Crippen LogP contribution in [0.4, 0.5) is 16.3 Å². The largest absolute Gasteiger partial charge is 0.340 e. The van der Waals surface area contributed by atoms with Gasteiger partial charge in [0.1, 0.15) is 11.3 Å². The lowest BCUT2D eigenvalue weighted by atomic mass is 10.0. The summed E-state index contributed by atoms with van der Waals surface area (Å²) in [6, 6.07) is 5.24. The van der Waals surface area contributed by atoms with Crippen molar-refractivity contribution in [2.45, 2.75) is 55.1 Å². The molecule has 1 unspecified atom stereocenters. The van der Waals surface area contributed by atoms with E-state index in [4.69, 9.17) is 5.41 Å². The fourth-order valence-corrected chi connectivity index (χ4v) is 5.79. The third kappa shape index (κ3) is 3.99. The van der Waals surface area contributed by atoms with E-state index in [2.05, 4.69) is 21.3 Å². The van der Waals surface area contributed by atoms with Crippen molar-refractivity contribution in [3.63, 3.8) is 0 Å². The van der Waals surface area contributed by atoms with Gasteiger partial charge < -0.3 is 10.2 Å². The standard InChI is InChI=1S/C21H27N5O2S/c1-23-21(27)26-11-9-16(13-19(26)22)25-10-5-6-15-12-18(14-24-20(15)25)29(28)17-7-3-2-4-8-17/h9,11-14,17,22H,2-8,10H2,1H3,(H,23,27). The number of hydrogen-bond donors (Lipinski definition) is 2. The van der Waals surface area contributed by atoms with Gasteiger partial charge in [0.2, 0.25) is 0 Å². The number of rotatable bonds is 3. The highest BCUT2D eigenvalue weighted by Gasteiger charge is 2.25. The second-order valence-corrected chi connectivity index (χ2v) is 9.39. The highest BCUT2D eigenvalue weighted by Crippen LogP contribution is 2.33. The number of hydrogen-bond acceptors (Lipinski definition) is 5. The van der Waals surface area contributed by atoms with Gasteiger partial charge in [-0.2, -0.15) is 0 Å². The van der Waals surface area contributed by atoms with E-state index in [1.165, 1.54) is 23.8 Å². The van der Waals surface area contributed by atoms with Gasteiger partial charge >= 0.3 is 6.03 Å². The molecule has 2 N–H and O–H groups in total. The van der Waals surface area contributed by atoms with Gasteiger partial charge in [0.05, 0.1) is 15.7 Å². The third-order valence-corrected chi connectivity index (χ3v) is 7.54. The normalized spacial score (nSPS) is 18.2. The number of carbonyl (C=O) groups excluding carboxylic acids is 1. The minimum absolute atomic E-state index is 0.115. The minimum Gasteiger partial charge on any atom is -0.340 e. The number of pyridine rings is 2. The lowest BCUT2D eigenvalue weighted by Crippen LogP contribution is -2.34. The van der Waals surface area contributed by atoms with E-state index in [1.807, 2.05) is 6.07 Å². The minimum atomic E-state index is -0.996. The molecule has 0 aromatic carbocycles. The zero-order chi connectivity index (χ0) is 20.4. The number of aryl methyl sites for hydroxylation is 1. The van der Waals surface area contributed by atoms with Crippen molar-refractivity contribution in [2.75, 3.05) is 18.5 Å². The van der Waals surface area contributed by atoms with Crippen molar-refractivity contribution in [1.82, 2.24) is 14.9 Å². The molecule has 0 spiro atoms. The highest BCUT2D eigenvalue weighted by atomic mass is 32.2. The maximum Gasteiger partial charge on any atom is 0.326 e. The van der Waals surface area contributed by atoms with E-state index in [1.54, 1.807) is 25.5 Å². The van der Waals surface area contributed by atoms with Gasteiger partial charge in [-0.1, -0.05) is 19.3 Å². The summed E-state index contributed by atoms with van der Waals surface area (Å²) in [4.78, 5) is 19.4. The quantitative estimate of drug-likeness (QED) is 0.809. The Hall–Kier alpha value is -2.48. The lowest BCUT2D eigenvalue weighted by Gasteiger charge is -2.30. The smallest absolute Gasteiger partial charge is 0.326 e. The summed E-state index contributed by atoms with van der Waals surface area (Å²) in [5.74, 6) is 0.859. The molecule has 7 nitrogen and oxygen atoms in total. The number of carbonyl (C=O) groups is 1. The third-order valence-electron chi connectivity index (χ3n) is 5.77. The topological polar surface area (TPSA) is 91.1 Å². The predicted octanol–water partition coefficient (Wildman–Crippen LogP) is 3.07. The van der Waals surface area contributed by atoms with Gasteiger partial charge in [0.25, 0.3) is 0 Å². The Morgan fingerprint density at radius 3 is 2.76 bits per heavy atom. The van der Waals surface area contributed by atoms with E-state index in [9.17, 15) is 9.00 Å². The Labute approximate surface area is 173 Å². The van der Waals surface area contributed by atoms with E-state index in [0.29, 0.717) is 0 Å². The molecule has 1 aliphatic heterocycles. The SMILES string of the molecule is CNC(=O)n1ccc(N2CCCc3cc(S(=O)C4CCCCC4)cnc32)cc1=N. The molecule has 1 atom stereocenters. The summed E-state index contributed by atoms with van der Waals surface area (Å²) in [6.07, 6.45) is 10.9. The monoisotopic (exact) mass is 413 g/mol. The van der Waals surface area contributed by atoms with Gasteiger partial charge in [0, 0.05) is 43.0 Å². The van der Waals surface area contributed by atoms with Gasteiger partial charge in [-0.25, -0.2) is 9.78 Å². The van der Waals surface area contributed by atoms with Crippen molar-refractivity contribution in [2.24, 2.45) is 0 Å². The van der Waals surface area contributed by atoms with E-state index in [-0.39, 0.29) is 16.8 Å². The summed E-state index contributed by atoms with van der Waals surface area (Å²) >= 11 is 0. The molecule has 2 aliphatic rings. The van der Waals surface area contributed by atoms with Crippen LogP contribution in [-0.4, -0.2) is 38.6 Å². The van der Waals surface area contributed by atoms with Crippen molar-refractivity contribution >= 4 is 28.3 Å². The zero-order valence-corrected chi connectivity index (χ0v) is 17.5. The summed E-state index contributed by atoms with van der Waals surface area (Å²) in [7, 11) is 0.548. The molecular formula is C21H27N5O2S. The average molecular weight is 414 g/mol. The first-order valence-electron chi connectivity index (χ1n) is 10.2. The van der Waals surface area contributed by atoms with Crippen LogP contribution >= 0.6 is 0 Å². The van der Waals surface area contributed by atoms with Crippen LogP contribution in [0.3, 0.4) is 0 Å². The summed E-state index contributed by atoms with van der Waals surface area (Å²) < 4.78 is 14.3. The Kier molecular flexibility index (Phi) is 5.80. The molecule has 2 aromatic rings.